The van der Waals surface area contributed by atoms with Gasteiger partial charge in [0.15, 0.2) is 5.69 Å². The molecule has 1 aromatic carbocycles. The summed E-state index contributed by atoms with van der Waals surface area (Å²) in [5.41, 5.74) is 2.88. The number of likely N-dealkylation sites (tertiary alicyclic amines) is 1. The maximum Gasteiger partial charge on any atom is 0.271 e. The Kier molecular flexibility index (Phi) is 7.45. The Morgan fingerprint density at radius 2 is 2.00 bits per heavy atom. The van der Waals surface area contributed by atoms with Crippen molar-refractivity contribution in [3.8, 4) is 0 Å². The van der Waals surface area contributed by atoms with Crippen LogP contribution in [0, 0.1) is 6.92 Å². The Balaban J connectivity index is 1.56. The first kappa shape index (κ1) is 21.5. The summed E-state index contributed by atoms with van der Waals surface area (Å²) in [6, 6.07) is 8.77. The summed E-state index contributed by atoms with van der Waals surface area (Å²) >= 11 is 6.21. The number of hydrogen-bond acceptors (Lipinski definition) is 5. The topological polar surface area (TPSA) is 61.4 Å². The molecule has 0 unspecified atom stereocenters. The van der Waals surface area contributed by atoms with E-state index in [2.05, 4.69) is 51.4 Å². The zero-order chi connectivity index (χ0) is 20.8. The number of halogens is 1. The van der Waals surface area contributed by atoms with Gasteiger partial charge in [-0.2, -0.15) is 0 Å². The highest BCUT2D eigenvalue weighted by Crippen LogP contribution is 2.19. The van der Waals surface area contributed by atoms with Crippen LogP contribution in [0.25, 0.3) is 0 Å². The summed E-state index contributed by atoms with van der Waals surface area (Å²) < 4.78 is 0. The minimum Gasteiger partial charge on any atom is -0.348 e. The zero-order valence-electron chi connectivity index (χ0n) is 17.5. The van der Waals surface area contributed by atoms with E-state index < -0.39 is 0 Å². The van der Waals surface area contributed by atoms with Crippen LogP contribution in [-0.2, 0) is 6.54 Å². The molecular weight excluding hydrogens is 386 g/mol. The molecule has 0 radical (unpaired) electrons. The average molecular weight is 416 g/mol. The minimum absolute atomic E-state index is 0.138. The lowest BCUT2D eigenvalue weighted by Gasteiger charge is -2.32. The summed E-state index contributed by atoms with van der Waals surface area (Å²) in [4.78, 5) is 25.9. The van der Waals surface area contributed by atoms with Crippen LogP contribution in [0.3, 0.4) is 0 Å². The molecule has 1 N–H and O–H groups in total. The van der Waals surface area contributed by atoms with E-state index in [0.717, 1.165) is 45.6 Å². The van der Waals surface area contributed by atoms with Gasteiger partial charge in [0.1, 0.15) is 0 Å². The van der Waals surface area contributed by atoms with E-state index in [-0.39, 0.29) is 22.7 Å². The molecule has 0 bridgehead atoms. The third-order valence-electron chi connectivity index (χ3n) is 5.40. The normalized spacial score (nSPS) is 15.3. The van der Waals surface area contributed by atoms with Crippen molar-refractivity contribution in [1.29, 1.82) is 0 Å². The molecule has 3 rings (SSSR count). The Bertz CT molecular complexity index is 832. The number of carbonyl (C=O) groups excluding carboxylic acids is 1. The van der Waals surface area contributed by atoms with Gasteiger partial charge in [0, 0.05) is 38.8 Å². The number of piperidine rings is 1. The molecule has 2 heterocycles. The molecular formula is C22H30ClN5O. The summed E-state index contributed by atoms with van der Waals surface area (Å²) in [5.74, 6) is 0.320. The largest absolute Gasteiger partial charge is 0.348 e. The SMILES string of the molecule is CCN(CC)c1ncc(Cl)c(C(=O)NC2CCN(Cc3cccc(C)c3)CC2)n1. The number of hydrogen-bond donors (Lipinski definition) is 1. The van der Waals surface area contributed by atoms with E-state index in [1.54, 1.807) is 0 Å². The van der Waals surface area contributed by atoms with Crippen LogP contribution >= 0.6 is 11.6 Å². The number of anilines is 1. The molecule has 1 aliphatic rings. The Hall–Kier alpha value is -2.18. The summed E-state index contributed by atoms with van der Waals surface area (Å²) in [6.07, 6.45) is 3.36. The molecule has 1 aliphatic heterocycles. The predicted octanol–water partition coefficient (Wildman–Crippen LogP) is 3.68. The van der Waals surface area contributed by atoms with Crippen LogP contribution in [-0.4, -0.2) is 53.0 Å². The highest BCUT2D eigenvalue weighted by molar-refractivity contribution is 6.33. The molecule has 0 saturated carbocycles. The van der Waals surface area contributed by atoms with Crippen molar-refractivity contribution in [1.82, 2.24) is 20.2 Å². The number of aromatic nitrogens is 2. The number of benzene rings is 1. The van der Waals surface area contributed by atoms with Gasteiger partial charge in [0.25, 0.3) is 5.91 Å². The second-order valence-corrected chi connectivity index (χ2v) is 7.96. The molecule has 29 heavy (non-hydrogen) atoms. The quantitative estimate of drug-likeness (QED) is 0.747. The lowest BCUT2D eigenvalue weighted by molar-refractivity contribution is 0.0904. The zero-order valence-corrected chi connectivity index (χ0v) is 18.2. The smallest absolute Gasteiger partial charge is 0.271 e. The highest BCUT2D eigenvalue weighted by atomic mass is 35.5. The van der Waals surface area contributed by atoms with E-state index in [1.807, 2.05) is 18.7 Å². The summed E-state index contributed by atoms with van der Waals surface area (Å²) in [6.45, 7) is 10.6. The number of nitrogens with zero attached hydrogens (tertiary/aromatic N) is 4. The Morgan fingerprint density at radius 3 is 2.66 bits per heavy atom. The number of aryl methyl sites for hydroxylation is 1. The second-order valence-electron chi connectivity index (χ2n) is 7.55. The fourth-order valence-electron chi connectivity index (χ4n) is 3.73. The molecule has 156 valence electrons. The summed E-state index contributed by atoms with van der Waals surface area (Å²) in [5, 5.41) is 3.40. The molecule has 1 saturated heterocycles. The molecule has 0 aliphatic carbocycles. The maximum absolute atomic E-state index is 12.8. The second kappa shape index (κ2) is 10.0. The highest BCUT2D eigenvalue weighted by Gasteiger charge is 2.23. The van der Waals surface area contributed by atoms with Crippen LogP contribution in [0.5, 0.6) is 0 Å². The van der Waals surface area contributed by atoms with Crippen LogP contribution in [0.2, 0.25) is 5.02 Å². The van der Waals surface area contributed by atoms with Crippen molar-refractivity contribution < 1.29 is 4.79 Å². The van der Waals surface area contributed by atoms with Gasteiger partial charge >= 0.3 is 0 Å². The van der Waals surface area contributed by atoms with Crippen LogP contribution in [0.15, 0.2) is 30.5 Å². The van der Waals surface area contributed by atoms with Gasteiger partial charge in [-0.3, -0.25) is 9.69 Å². The molecule has 1 amide bonds. The Labute approximate surface area is 178 Å². The maximum atomic E-state index is 12.8. The molecule has 7 heteroatoms. The van der Waals surface area contributed by atoms with E-state index >= 15 is 0 Å². The number of amides is 1. The van der Waals surface area contributed by atoms with E-state index in [9.17, 15) is 4.79 Å². The van der Waals surface area contributed by atoms with Gasteiger partial charge in [-0.15, -0.1) is 0 Å². The molecule has 0 spiro atoms. The van der Waals surface area contributed by atoms with E-state index in [1.165, 1.54) is 17.3 Å². The monoisotopic (exact) mass is 415 g/mol. The number of carbonyl (C=O) groups is 1. The van der Waals surface area contributed by atoms with Crippen LogP contribution in [0.1, 0.15) is 48.3 Å². The van der Waals surface area contributed by atoms with Gasteiger partial charge in [0.05, 0.1) is 11.2 Å². The lowest BCUT2D eigenvalue weighted by atomic mass is 10.0. The minimum atomic E-state index is -0.219. The van der Waals surface area contributed by atoms with Crippen molar-refractivity contribution in [3.05, 3.63) is 52.3 Å². The number of nitrogens with one attached hydrogen (secondary N) is 1. The van der Waals surface area contributed by atoms with E-state index in [0.29, 0.717) is 5.95 Å². The van der Waals surface area contributed by atoms with Crippen molar-refractivity contribution in [2.24, 2.45) is 0 Å². The lowest BCUT2D eigenvalue weighted by Crippen LogP contribution is -2.44. The van der Waals surface area contributed by atoms with Gasteiger partial charge in [-0.05, 0) is 39.2 Å². The van der Waals surface area contributed by atoms with Crippen molar-refractivity contribution in [3.63, 3.8) is 0 Å². The summed E-state index contributed by atoms with van der Waals surface area (Å²) in [7, 11) is 0. The van der Waals surface area contributed by atoms with E-state index in [4.69, 9.17) is 11.6 Å². The molecule has 6 nitrogen and oxygen atoms in total. The predicted molar refractivity (Wildman–Crippen MR) is 118 cm³/mol. The van der Waals surface area contributed by atoms with Gasteiger partial charge in [-0.25, -0.2) is 9.97 Å². The third-order valence-corrected chi connectivity index (χ3v) is 5.68. The number of rotatable bonds is 7. The average Bonchev–Trinajstić information content (AvgIpc) is 2.71. The molecule has 1 fully saturated rings. The Morgan fingerprint density at radius 1 is 1.28 bits per heavy atom. The first-order valence-electron chi connectivity index (χ1n) is 10.4. The molecule has 2 aromatic rings. The van der Waals surface area contributed by atoms with Crippen molar-refractivity contribution in [2.75, 3.05) is 31.1 Å². The first-order valence-corrected chi connectivity index (χ1v) is 10.7. The van der Waals surface area contributed by atoms with Crippen LogP contribution < -0.4 is 10.2 Å². The first-order chi connectivity index (χ1) is 14.0. The van der Waals surface area contributed by atoms with Crippen LogP contribution in [0.4, 0.5) is 5.95 Å². The van der Waals surface area contributed by atoms with Gasteiger partial charge in [-0.1, -0.05) is 41.4 Å². The van der Waals surface area contributed by atoms with Gasteiger partial charge in [0.2, 0.25) is 5.95 Å². The van der Waals surface area contributed by atoms with Crippen molar-refractivity contribution >= 4 is 23.5 Å². The molecule has 1 aromatic heterocycles. The fraction of sp³-hybridized carbons (Fsp3) is 0.500. The standard InChI is InChI=1S/C22H30ClN5O/c1-4-28(5-2)22-24-14-19(23)20(26-22)21(29)25-18-9-11-27(12-10-18)15-17-8-6-7-16(3)13-17/h6-8,13-14,18H,4-5,9-12,15H2,1-3H3,(H,25,29). The van der Waals surface area contributed by atoms with Gasteiger partial charge < -0.3 is 10.2 Å². The van der Waals surface area contributed by atoms with Crippen molar-refractivity contribution in [2.45, 2.75) is 46.2 Å². The third kappa shape index (κ3) is 5.67. The fourth-order valence-corrected chi connectivity index (χ4v) is 3.91. The molecule has 0 atom stereocenters.